The SMILES string of the molecule is C=CO[P+](=O)O[SiH2]C=C(C)C. The Bertz CT molecular complexity index is 175. The zero-order valence-electron chi connectivity index (χ0n) is 6.74. The maximum atomic E-state index is 10.7. The average Bonchev–Trinajstić information content (AvgIpc) is 1.87. The summed E-state index contributed by atoms with van der Waals surface area (Å²) < 4.78 is 20.0. The fourth-order valence-corrected chi connectivity index (χ4v) is 1.84. The summed E-state index contributed by atoms with van der Waals surface area (Å²) in [6, 6.07) is 0. The van der Waals surface area contributed by atoms with E-state index in [0.717, 1.165) is 6.26 Å². The molecule has 0 aliphatic carbocycles. The molecule has 62 valence electrons. The standard InChI is InChI=1S/C6H12O3PSi/c1-4-8-10(7)9-11-5-6(2)3/h4-5H,1,11H2,2-3H3/q+1. The van der Waals surface area contributed by atoms with Crippen molar-refractivity contribution in [3.8, 4) is 0 Å². The summed E-state index contributed by atoms with van der Waals surface area (Å²) in [6.45, 7) is 7.20. The van der Waals surface area contributed by atoms with E-state index < -0.39 is 18.0 Å². The van der Waals surface area contributed by atoms with Crippen molar-refractivity contribution in [1.82, 2.24) is 0 Å². The van der Waals surface area contributed by atoms with Gasteiger partial charge in [0.05, 0.1) is 0 Å². The molecule has 0 aromatic heterocycles. The Balaban J connectivity index is 3.46. The van der Waals surface area contributed by atoms with Gasteiger partial charge >= 0.3 is 8.25 Å². The summed E-state index contributed by atoms with van der Waals surface area (Å²) in [6.07, 6.45) is 1.12. The second-order valence-corrected chi connectivity index (χ2v) is 4.51. The lowest BCUT2D eigenvalue weighted by Gasteiger charge is -1.84. The van der Waals surface area contributed by atoms with Gasteiger partial charge in [0.15, 0.2) is 0 Å². The van der Waals surface area contributed by atoms with Gasteiger partial charge in [0, 0.05) is 4.57 Å². The van der Waals surface area contributed by atoms with Crippen LogP contribution >= 0.6 is 8.25 Å². The molecule has 1 unspecified atom stereocenters. The van der Waals surface area contributed by atoms with Crippen LogP contribution in [0.5, 0.6) is 0 Å². The third-order valence-corrected chi connectivity index (χ3v) is 3.58. The maximum Gasteiger partial charge on any atom is 0.737 e. The highest BCUT2D eigenvalue weighted by Crippen LogP contribution is 2.22. The number of hydrogen-bond donors (Lipinski definition) is 0. The molecule has 0 aromatic carbocycles. The van der Waals surface area contributed by atoms with Crippen LogP contribution in [-0.2, 0) is 13.3 Å². The molecule has 3 nitrogen and oxygen atoms in total. The van der Waals surface area contributed by atoms with E-state index in [2.05, 4.69) is 11.1 Å². The molecule has 0 radical (unpaired) electrons. The van der Waals surface area contributed by atoms with Gasteiger partial charge in [0.25, 0.3) is 9.76 Å². The third kappa shape index (κ3) is 7.45. The van der Waals surface area contributed by atoms with Gasteiger partial charge in [-0.3, -0.25) is 0 Å². The van der Waals surface area contributed by atoms with Crippen LogP contribution in [0.15, 0.2) is 24.1 Å². The van der Waals surface area contributed by atoms with Crippen molar-refractivity contribution in [1.29, 1.82) is 0 Å². The largest absolute Gasteiger partial charge is 0.737 e. The molecule has 0 amide bonds. The van der Waals surface area contributed by atoms with E-state index in [1.807, 2.05) is 19.5 Å². The van der Waals surface area contributed by atoms with Gasteiger partial charge in [-0.15, -0.1) is 0 Å². The molecule has 1 atom stereocenters. The van der Waals surface area contributed by atoms with Crippen LogP contribution in [0.3, 0.4) is 0 Å². The number of hydrogen-bond acceptors (Lipinski definition) is 3. The van der Waals surface area contributed by atoms with Gasteiger partial charge in [-0.25, -0.2) is 4.52 Å². The van der Waals surface area contributed by atoms with E-state index >= 15 is 0 Å². The Morgan fingerprint density at radius 1 is 1.64 bits per heavy atom. The van der Waals surface area contributed by atoms with Crippen LogP contribution in [0, 0.1) is 0 Å². The van der Waals surface area contributed by atoms with Crippen LogP contribution < -0.4 is 0 Å². The van der Waals surface area contributed by atoms with Crippen molar-refractivity contribution in [2.24, 2.45) is 0 Å². The van der Waals surface area contributed by atoms with Crippen molar-refractivity contribution < 1.29 is 13.3 Å². The Morgan fingerprint density at radius 3 is 2.73 bits per heavy atom. The lowest BCUT2D eigenvalue weighted by Crippen LogP contribution is -1.87. The predicted octanol–water partition coefficient (Wildman–Crippen LogP) is 1.83. The van der Waals surface area contributed by atoms with Crippen molar-refractivity contribution in [2.45, 2.75) is 13.8 Å². The summed E-state index contributed by atoms with van der Waals surface area (Å²) in [5, 5.41) is 0. The molecular weight excluding hydrogens is 179 g/mol. The quantitative estimate of drug-likeness (QED) is 0.378. The first-order chi connectivity index (χ1) is 5.16. The summed E-state index contributed by atoms with van der Waals surface area (Å²) in [7, 11) is -2.78. The Hall–Kier alpha value is -0.443. The Morgan fingerprint density at radius 2 is 2.27 bits per heavy atom. The minimum absolute atomic E-state index is 0.822. The lowest BCUT2D eigenvalue weighted by molar-refractivity contribution is 0.393. The fourth-order valence-electron chi connectivity index (χ4n) is 0.356. The smallest absolute Gasteiger partial charge is 0.239 e. The minimum Gasteiger partial charge on any atom is -0.239 e. The van der Waals surface area contributed by atoms with Gasteiger partial charge < -0.3 is 0 Å². The molecule has 11 heavy (non-hydrogen) atoms. The molecule has 0 spiro atoms. The first-order valence-electron chi connectivity index (χ1n) is 3.18. The van der Waals surface area contributed by atoms with Crippen molar-refractivity contribution in [2.75, 3.05) is 0 Å². The molecular formula is C6H12O3PSi+. The van der Waals surface area contributed by atoms with Gasteiger partial charge in [0.1, 0.15) is 6.26 Å². The number of rotatable bonds is 5. The van der Waals surface area contributed by atoms with E-state index in [-0.39, 0.29) is 0 Å². The molecule has 0 rings (SSSR count). The van der Waals surface area contributed by atoms with E-state index in [4.69, 9.17) is 4.21 Å². The van der Waals surface area contributed by atoms with E-state index in [1.165, 1.54) is 5.57 Å². The summed E-state index contributed by atoms with van der Waals surface area (Å²) in [5.41, 5.74) is 3.14. The van der Waals surface area contributed by atoms with Gasteiger partial charge in [0.2, 0.25) is 0 Å². The molecule has 0 N–H and O–H groups in total. The predicted molar refractivity (Wildman–Crippen MR) is 47.9 cm³/mol. The molecule has 0 aromatic rings. The molecule has 0 saturated carbocycles. The first-order valence-corrected chi connectivity index (χ1v) is 5.67. The van der Waals surface area contributed by atoms with E-state index in [9.17, 15) is 4.57 Å². The monoisotopic (exact) mass is 191 g/mol. The highest BCUT2D eigenvalue weighted by Gasteiger charge is 2.16. The number of allylic oxidation sites excluding steroid dienone is 1. The molecule has 0 aliphatic rings. The summed E-state index contributed by atoms with van der Waals surface area (Å²) in [5.74, 6) is 0. The van der Waals surface area contributed by atoms with Crippen molar-refractivity contribution >= 4 is 18.0 Å². The van der Waals surface area contributed by atoms with Crippen LogP contribution in [0.1, 0.15) is 13.8 Å². The normalized spacial score (nSPS) is 11.3. The molecule has 0 aliphatic heterocycles. The summed E-state index contributed by atoms with van der Waals surface area (Å²) >= 11 is 0. The highest BCUT2D eigenvalue weighted by molar-refractivity contribution is 7.34. The molecule has 0 saturated heterocycles. The van der Waals surface area contributed by atoms with E-state index in [1.54, 1.807) is 0 Å². The second kappa shape index (κ2) is 6.28. The van der Waals surface area contributed by atoms with Gasteiger partial charge in [-0.05, 0) is 13.8 Å². The maximum absolute atomic E-state index is 10.7. The second-order valence-electron chi connectivity index (χ2n) is 2.07. The van der Waals surface area contributed by atoms with Crippen LogP contribution in [0.4, 0.5) is 0 Å². The topological polar surface area (TPSA) is 35.5 Å². The van der Waals surface area contributed by atoms with Gasteiger partial charge in [-0.2, -0.15) is 4.21 Å². The molecule has 5 heteroatoms. The van der Waals surface area contributed by atoms with E-state index in [0.29, 0.717) is 0 Å². The molecule has 0 bridgehead atoms. The zero-order valence-corrected chi connectivity index (χ0v) is 9.05. The van der Waals surface area contributed by atoms with Crippen molar-refractivity contribution in [3.05, 3.63) is 24.1 Å². The Labute approximate surface area is 70.0 Å². The third-order valence-electron chi connectivity index (χ3n) is 0.832. The molecule has 0 heterocycles. The highest BCUT2D eigenvalue weighted by atomic mass is 31.1. The Kier molecular flexibility index (Phi) is 6.03. The molecule has 0 fully saturated rings. The average molecular weight is 191 g/mol. The van der Waals surface area contributed by atoms with Crippen LogP contribution in [0.2, 0.25) is 0 Å². The van der Waals surface area contributed by atoms with Crippen LogP contribution in [0.25, 0.3) is 0 Å². The van der Waals surface area contributed by atoms with Crippen molar-refractivity contribution in [3.63, 3.8) is 0 Å². The lowest BCUT2D eigenvalue weighted by atomic mass is 10.4. The zero-order chi connectivity index (χ0) is 8.69. The fraction of sp³-hybridized carbons (Fsp3) is 0.333. The van der Waals surface area contributed by atoms with Crippen LogP contribution in [-0.4, -0.2) is 9.76 Å². The first kappa shape index (κ1) is 10.6. The van der Waals surface area contributed by atoms with Gasteiger partial charge in [-0.1, -0.05) is 17.9 Å². The summed E-state index contributed by atoms with van der Waals surface area (Å²) in [4.78, 5) is 0. The minimum atomic E-state index is -1.96.